The first-order valence-corrected chi connectivity index (χ1v) is 11.2. The highest BCUT2D eigenvalue weighted by atomic mass is 32.2. The second-order valence-corrected chi connectivity index (χ2v) is 9.19. The van der Waals surface area contributed by atoms with E-state index in [4.69, 9.17) is 9.68 Å². The van der Waals surface area contributed by atoms with Crippen LogP contribution in [0.15, 0.2) is 57.8 Å². The van der Waals surface area contributed by atoms with Gasteiger partial charge in [-0.3, -0.25) is 9.69 Å². The molecule has 8 nitrogen and oxygen atoms in total. The molecular formula is C21H20N4O4S. The molecule has 1 aliphatic rings. The van der Waals surface area contributed by atoms with Crippen LogP contribution in [-0.2, 0) is 21.1 Å². The number of para-hydroxylation sites is 2. The van der Waals surface area contributed by atoms with Crippen molar-refractivity contribution in [1.29, 1.82) is 5.26 Å². The number of oxazole rings is 1. The molecular weight excluding hydrogens is 404 g/mol. The number of piperazine rings is 1. The number of rotatable bonds is 6. The Bertz CT molecular complexity index is 1180. The van der Waals surface area contributed by atoms with Gasteiger partial charge < -0.3 is 9.73 Å². The van der Waals surface area contributed by atoms with Gasteiger partial charge in [-0.25, -0.2) is 13.4 Å². The van der Waals surface area contributed by atoms with Gasteiger partial charge in [0, 0.05) is 26.1 Å². The van der Waals surface area contributed by atoms with Crippen LogP contribution in [0.2, 0.25) is 0 Å². The Morgan fingerprint density at radius 1 is 1.20 bits per heavy atom. The van der Waals surface area contributed by atoms with Crippen LogP contribution in [0.5, 0.6) is 0 Å². The van der Waals surface area contributed by atoms with E-state index in [1.165, 1.54) is 24.3 Å². The molecule has 1 fully saturated rings. The van der Waals surface area contributed by atoms with E-state index < -0.39 is 15.9 Å². The third-order valence-electron chi connectivity index (χ3n) is 5.14. The number of amides is 1. The van der Waals surface area contributed by atoms with E-state index in [0.29, 0.717) is 30.1 Å². The van der Waals surface area contributed by atoms with Gasteiger partial charge in [0.1, 0.15) is 5.52 Å². The number of hydrogen-bond acceptors (Lipinski definition) is 7. The van der Waals surface area contributed by atoms with E-state index in [9.17, 15) is 13.2 Å². The number of fused-ring (bicyclic) bond motifs is 1. The SMILES string of the molecule is N#Cc1ccc(S(=O)(=O)CCN2CCNC(=O)[C@@H]2Cc2nc3ccccc3o2)cc1. The van der Waals surface area contributed by atoms with Crippen molar-refractivity contribution in [3.05, 3.63) is 60.0 Å². The van der Waals surface area contributed by atoms with Crippen LogP contribution in [0, 0.1) is 11.3 Å². The van der Waals surface area contributed by atoms with E-state index >= 15 is 0 Å². The number of carbonyl (C=O) groups is 1. The summed E-state index contributed by atoms with van der Waals surface area (Å²) in [4.78, 5) is 18.9. The fourth-order valence-corrected chi connectivity index (χ4v) is 4.78. The molecule has 0 bridgehead atoms. The van der Waals surface area contributed by atoms with Gasteiger partial charge in [0.15, 0.2) is 21.3 Å². The van der Waals surface area contributed by atoms with Crippen LogP contribution in [0.25, 0.3) is 11.1 Å². The highest BCUT2D eigenvalue weighted by Gasteiger charge is 2.32. The number of hydrogen-bond donors (Lipinski definition) is 1. The van der Waals surface area contributed by atoms with Gasteiger partial charge in [0.2, 0.25) is 5.91 Å². The Balaban J connectivity index is 1.48. The third kappa shape index (κ3) is 4.20. The minimum atomic E-state index is -3.54. The molecule has 0 radical (unpaired) electrons. The Morgan fingerprint density at radius 3 is 2.70 bits per heavy atom. The molecule has 1 aromatic heterocycles. The number of nitriles is 1. The molecule has 154 valence electrons. The number of aromatic nitrogens is 1. The molecule has 0 spiro atoms. The van der Waals surface area contributed by atoms with E-state index in [2.05, 4.69) is 10.3 Å². The van der Waals surface area contributed by atoms with Crippen molar-refractivity contribution >= 4 is 26.8 Å². The first kappa shape index (κ1) is 20.1. The van der Waals surface area contributed by atoms with Gasteiger partial charge in [-0.2, -0.15) is 5.26 Å². The topological polar surface area (TPSA) is 116 Å². The molecule has 1 saturated heterocycles. The maximum absolute atomic E-state index is 12.7. The van der Waals surface area contributed by atoms with Crippen LogP contribution < -0.4 is 5.32 Å². The van der Waals surface area contributed by atoms with Crippen molar-refractivity contribution in [2.45, 2.75) is 17.4 Å². The van der Waals surface area contributed by atoms with E-state index in [0.717, 1.165) is 5.52 Å². The Morgan fingerprint density at radius 2 is 1.97 bits per heavy atom. The summed E-state index contributed by atoms with van der Waals surface area (Å²) in [7, 11) is -3.54. The van der Waals surface area contributed by atoms with Gasteiger partial charge >= 0.3 is 0 Å². The molecule has 0 saturated carbocycles. The van der Waals surface area contributed by atoms with Crippen LogP contribution in [0.3, 0.4) is 0 Å². The smallest absolute Gasteiger partial charge is 0.237 e. The maximum atomic E-state index is 12.7. The standard InChI is InChI=1S/C21H20N4O4S/c22-14-15-5-7-16(8-6-15)30(27,28)12-11-25-10-9-23-21(26)18(25)13-20-24-17-3-1-2-4-19(17)29-20/h1-8,18H,9-13H2,(H,23,26)/t18-/m0/s1. The van der Waals surface area contributed by atoms with Gasteiger partial charge in [0.25, 0.3) is 0 Å². The zero-order chi connectivity index (χ0) is 21.1. The van der Waals surface area contributed by atoms with Crippen molar-refractivity contribution in [3.8, 4) is 6.07 Å². The highest BCUT2D eigenvalue weighted by Crippen LogP contribution is 2.19. The molecule has 9 heteroatoms. The molecule has 0 aliphatic carbocycles. The normalized spacial score (nSPS) is 17.6. The molecule has 1 N–H and O–H groups in total. The number of nitrogens with zero attached hydrogens (tertiary/aromatic N) is 3. The van der Waals surface area contributed by atoms with Gasteiger partial charge in [0.05, 0.1) is 28.3 Å². The minimum Gasteiger partial charge on any atom is -0.441 e. The number of carbonyl (C=O) groups excluding carboxylic acids is 1. The summed E-state index contributed by atoms with van der Waals surface area (Å²) in [5.41, 5.74) is 1.78. The van der Waals surface area contributed by atoms with Crippen LogP contribution >= 0.6 is 0 Å². The molecule has 1 amide bonds. The first-order chi connectivity index (χ1) is 14.5. The predicted octanol–water partition coefficient (Wildman–Crippen LogP) is 1.52. The lowest BCUT2D eigenvalue weighted by molar-refractivity contribution is -0.129. The summed E-state index contributed by atoms with van der Waals surface area (Å²) in [6, 6.07) is 14.6. The summed E-state index contributed by atoms with van der Waals surface area (Å²) in [5, 5.41) is 11.7. The van der Waals surface area contributed by atoms with E-state index in [1.807, 2.05) is 35.2 Å². The molecule has 30 heavy (non-hydrogen) atoms. The van der Waals surface area contributed by atoms with Crippen LogP contribution in [0.4, 0.5) is 0 Å². The summed E-state index contributed by atoms with van der Waals surface area (Å²) < 4.78 is 31.1. The molecule has 2 aromatic carbocycles. The lowest BCUT2D eigenvalue weighted by Crippen LogP contribution is -2.57. The Hall–Kier alpha value is -3.22. The average molecular weight is 424 g/mol. The number of benzene rings is 2. The van der Waals surface area contributed by atoms with Gasteiger partial charge in [-0.15, -0.1) is 0 Å². The van der Waals surface area contributed by atoms with Gasteiger partial charge in [-0.05, 0) is 36.4 Å². The highest BCUT2D eigenvalue weighted by molar-refractivity contribution is 7.91. The second-order valence-electron chi connectivity index (χ2n) is 7.08. The lowest BCUT2D eigenvalue weighted by atomic mass is 10.1. The number of sulfone groups is 1. The molecule has 0 unspecified atom stereocenters. The van der Waals surface area contributed by atoms with Crippen molar-refractivity contribution in [1.82, 2.24) is 15.2 Å². The second kappa shape index (κ2) is 8.26. The summed E-state index contributed by atoms with van der Waals surface area (Å²) in [5.74, 6) is 0.147. The molecule has 1 atom stereocenters. The Kier molecular flexibility index (Phi) is 5.53. The monoisotopic (exact) mass is 424 g/mol. The quantitative estimate of drug-likeness (QED) is 0.638. The molecule has 4 rings (SSSR count). The van der Waals surface area contributed by atoms with Crippen molar-refractivity contribution in [3.63, 3.8) is 0 Å². The Labute approximate surface area is 174 Å². The first-order valence-electron chi connectivity index (χ1n) is 9.55. The van der Waals surface area contributed by atoms with Crippen molar-refractivity contribution in [2.75, 3.05) is 25.4 Å². The fourth-order valence-electron chi connectivity index (χ4n) is 3.52. The zero-order valence-electron chi connectivity index (χ0n) is 16.1. The third-order valence-corrected chi connectivity index (χ3v) is 6.85. The minimum absolute atomic E-state index is 0.129. The van der Waals surface area contributed by atoms with Crippen molar-refractivity contribution in [2.24, 2.45) is 0 Å². The predicted molar refractivity (Wildman–Crippen MR) is 109 cm³/mol. The fraction of sp³-hybridized carbons (Fsp3) is 0.286. The van der Waals surface area contributed by atoms with E-state index in [1.54, 1.807) is 0 Å². The number of nitrogens with one attached hydrogen (secondary N) is 1. The van der Waals surface area contributed by atoms with E-state index in [-0.39, 0.29) is 29.5 Å². The summed E-state index contributed by atoms with van der Waals surface area (Å²) in [6.07, 6.45) is 0.261. The lowest BCUT2D eigenvalue weighted by Gasteiger charge is -2.34. The van der Waals surface area contributed by atoms with Gasteiger partial charge in [-0.1, -0.05) is 12.1 Å². The summed E-state index contributed by atoms with van der Waals surface area (Å²) in [6.45, 7) is 1.21. The van der Waals surface area contributed by atoms with Crippen LogP contribution in [-0.4, -0.2) is 55.6 Å². The average Bonchev–Trinajstić information content (AvgIpc) is 3.17. The molecule has 1 aliphatic heterocycles. The largest absolute Gasteiger partial charge is 0.441 e. The van der Waals surface area contributed by atoms with Crippen LogP contribution in [0.1, 0.15) is 11.5 Å². The zero-order valence-corrected chi connectivity index (χ0v) is 16.9. The molecule has 3 aromatic rings. The summed E-state index contributed by atoms with van der Waals surface area (Å²) >= 11 is 0. The van der Waals surface area contributed by atoms with Crippen molar-refractivity contribution < 1.29 is 17.6 Å². The maximum Gasteiger partial charge on any atom is 0.237 e. The molecule has 2 heterocycles.